The number of thiophene rings is 1. The van der Waals surface area contributed by atoms with Crippen LogP contribution in [0.5, 0.6) is 0 Å². The van der Waals surface area contributed by atoms with Crippen molar-refractivity contribution in [3.63, 3.8) is 0 Å². The number of amides is 1. The summed E-state index contributed by atoms with van der Waals surface area (Å²) in [5, 5.41) is 2.52. The molecule has 156 valence electrons. The molecule has 4 heterocycles. The Hall–Kier alpha value is -2.48. The molecule has 0 N–H and O–H groups in total. The molecule has 1 atom stereocenters. The molecule has 2 aliphatic heterocycles. The van der Waals surface area contributed by atoms with E-state index in [0.29, 0.717) is 23.1 Å². The van der Waals surface area contributed by atoms with E-state index in [1.165, 1.54) is 0 Å². The monoisotopic (exact) mass is 424 g/mol. The van der Waals surface area contributed by atoms with Crippen LogP contribution in [-0.4, -0.2) is 55.1 Å². The summed E-state index contributed by atoms with van der Waals surface area (Å²) >= 11 is 1.57. The molecule has 3 aromatic rings. The fraction of sp³-hybridized carbons (Fsp3) is 0.391. The summed E-state index contributed by atoms with van der Waals surface area (Å²) in [5.41, 5.74) is 1.84. The van der Waals surface area contributed by atoms with Crippen LogP contribution in [0, 0.1) is 6.92 Å². The lowest BCUT2D eigenvalue weighted by atomic mass is 10.0. The van der Waals surface area contributed by atoms with Crippen molar-refractivity contribution >= 4 is 28.2 Å². The Kier molecular flexibility index (Phi) is 5.18. The zero-order chi connectivity index (χ0) is 20.7. The zero-order valence-electron chi connectivity index (χ0n) is 16.9. The first-order chi connectivity index (χ1) is 14.6. The molecule has 1 amide bonds. The van der Waals surface area contributed by atoms with Gasteiger partial charge in [0.2, 0.25) is 5.76 Å². The van der Waals surface area contributed by atoms with E-state index < -0.39 is 0 Å². The van der Waals surface area contributed by atoms with Crippen molar-refractivity contribution < 1.29 is 13.9 Å². The average molecular weight is 425 g/mol. The molecule has 0 unspecified atom stereocenters. The molecule has 0 aliphatic carbocycles. The van der Waals surface area contributed by atoms with Crippen LogP contribution in [0.1, 0.15) is 39.0 Å². The molecule has 0 radical (unpaired) electrons. The number of rotatable bonds is 5. The predicted molar refractivity (Wildman–Crippen MR) is 116 cm³/mol. The highest BCUT2D eigenvalue weighted by Gasteiger charge is 2.42. The third-order valence-electron chi connectivity index (χ3n) is 5.91. The lowest BCUT2D eigenvalue weighted by Crippen LogP contribution is -2.38. The van der Waals surface area contributed by atoms with E-state index in [9.17, 15) is 9.59 Å². The van der Waals surface area contributed by atoms with Gasteiger partial charge in [0, 0.05) is 31.1 Å². The molecule has 0 saturated carbocycles. The maximum atomic E-state index is 13.4. The Bertz CT molecular complexity index is 1130. The summed E-state index contributed by atoms with van der Waals surface area (Å²) in [4.78, 5) is 31.9. The third-order valence-corrected chi connectivity index (χ3v) is 6.84. The van der Waals surface area contributed by atoms with Gasteiger partial charge in [0.15, 0.2) is 5.43 Å². The number of benzene rings is 1. The first-order valence-electron chi connectivity index (χ1n) is 10.4. The summed E-state index contributed by atoms with van der Waals surface area (Å²) in [5.74, 6) is 0.00563. The number of carbonyl (C=O) groups excluding carboxylic acids is 1. The maximum absolute atomic E-state index is 13.4. The topological polar surface area (TPSA) is 63.0 Å². The Morgan fingerprint density at radius 3 is 2.73 bits per heavy atom. The Morgan fingerprint density at radius 1 is 1.13 bits per heavy atom. The number of nitrogens with zero attached hydrogens (tertiary/aromatic N) is 2. The van der Waals surface area contributed by atoms with E-state index in [4.69, 9.17) is 9.15 Å². The summed E-state index contributed by atoms with van der Waals surface area (Å²) < 4.78 is 11.4. The number of morpholine rings is 1. The number of fused-ring (bicyclic) bond motifs is 2. The van der Waals surface area contributed by atoms with Crippen LogP contribution in [0.4, 0.5) is 0 Å². The van der Waals surface area contributed by atoms with Gasteiger partial charge in [-0.1, -0.05) is 17.7 Å². The quantitative estimate of drug-likeness (QED) is 0.628. The number of hydrogen-bond acceptors (Lipinski definition) is 6. The summed E-state index contributed by atoms with van der Waals surface area (Å²) in [6.45, 7) is 6.81. The van der Waals surface area contributed by atoms with Gasteiger partial charge < -0.3 is 14.1 Å². The first kappa shape index (κ1) is 19.5. The van der Waals surface area contributed by atoms with Crippen molar-refractivity contribution in [3.8, 4) is 0 Å². The van der Waals surface area contributed by atoms with Crippen molar-refractivity contribution in [2.24, 2.45) is 0 Å². The Balaban J connectivity index is 1.50. The molecular weight excluding hydrogens is 400 g/mol. The molecule has 0 spiro atoms. The van der Waals surface area contributed by atoms with Crippen LogP contribution in [0.25, 0.3) is 11.0 Å². The van der Waals surface area contributed by atoms with Gasteiger partial charge in [0.05, 0.1) is 30.2 Å². The Morgan fingerprint density at radius 2 is 1.97 bits per heavy atom. The van der Waals surface area contributed by atoms with E-state index in [2.05, 4.69) is 4.90 Å². The third kappa shape index (κ3) is 3.37. The van der Waals surface area contributed by atoms with Gasteiger partial charge >= 0.3 is 0 Å². The number of carbonyl (C=O) groups is 1. The van der Waals surface area contributed by atoms with E-state index in [1.807, 2.05) is 41.5 Å². The highest BCUT2D eigenvalue weighted by atomic mass is 32.1. The van der Waals surface area contributed by atoms with Crippen molar-refractivity contribution in [3.05, 3.63) is 67.7 Å². The van der Waals surface area contributed by atoms with E-state index in [0.717, 1.165) is 49.7 Å². The summed E-state index contributed by atoms with van der Waals surface area (Å²) in [6, 6.07) is 9.10. The molecule has 2 aliphatic rings. The van der Waals surface area contributed by atoms with Crippen LogP contribution in [0.15, 0.2) is 44.9 Å². The minimum Gasteiger partial charge on any atom is -0.450 e. The van der Waals surface area contributed by atoms with Crippen molar-refractivity contribution in [2.45, 2.75) is 19.4 Å². The van der Waals surface area contributed by atoms with Crippen LogP contribution in [0.2, 0.25) is 0 Å². The van der Waals surface area contributed by atoms with Crippen LogP contribution in [-0.2, 0) is 4.74 Å². The van der Waals surface area contributed by atoms with E-state index >= 15 is 0 Å². The fourth-order valence-corrected chi connectivity index (χ4v) is 5.24. The average Bonchev–Trinajstić information content (AvgIpc) is 3.37. The van der Waals surface area contributed by atoms with Gasteiger partial charge in [-0.3, -0.25) is 14.5 Å². The summed E-state index contributed by atoms with van der Waals surface area (Å²) in [7, 11) is 0. The number of aryl methyl sites for hydroxylation is 1. The lowest BCUT2D eigenvalue weighted by Gasteiger charge is -2.28. The SMILES string of the molecule is Cc1ccc2oc3c(c(=O)c2c1)[C@H](c1cccs1)N(CCCN1CCOCC1)C3=O. The van der Waals surface area contributed by atoms with E-state index in [1.54, 1.807) is 17.4 Å². The predicted octanol–water partition coefficient (Wildman–Crippen LogP) is 3.43. The zero-order valence-corrected chi connectivity index (χ0v) is 17.7. The number of ether oxygens (including phenoxy) is 1. The largest absolute Gasteiger partial charge is 0.450 e. The molecule has 2 aromatic heterocycles. The fourth-order valence-electron chi connectivity index (χ4n) is 4.40. The number of hydrogen-bond donors (Lipinski definition) is 0. The smallest absolute Gasteiger partial charge is 0.290 e. The highest BCUT2D eigenvalue weighted by molar-refractivity contribution is 7.10. The van der Waals surface area contributed by atoms with Crippen LogP contribution >= 0.6 is 11.3 Å². The molecule has 1 aromatic carbocycles. The van der Waals surface area contributed by atoms with E-state index in [-0.39, 0.29) is 23.1 Å². The first-order valence-corrected chi connectivity index (χ1v) is 11.2. The molecular formula is C23H24N2O4S. The van der Waals surface area contributed by atoms with Gasteiger partial charge in [-0.05, 0) is 36.9 Å². The minimum atomic E-state index is -0.377. The van der Waals surface area contributed by atoms with Gasteiger partial charge in [-0.25, -0.2) is 0 Å². The molecule has 1 fully saturated rings. The molecule has 0 bridgehead atoms. The Labute approximate surface area is 178 Å². The van der Waals surface area contributed by atoms with Gasteiger partial charge in [0.1, 0.15) is 5.58 Å². The maximum Gasteiger partial charge on any atom is 0.290 e. The second-order valence-corrected chi connectivity index (χ2v) is 8.88. The van der Waals surface area contributed by atoms with Crippen molar-refractivity contribution in [1.82, 2.24) is 9.80 Å². The van der Waals surface area contributed by atoms with Crippen LogP contribution < -0.4 is 5.43 Å². The normalized spacial score (nSPS) is 19.6. The second-order valence-electron chi connectivity index (χ2n) is 7.90. The van der Waals surface area contributed by atoms with Gasteiger partial charge in [-0.15, -0.1) is 11.3 Å². The van der Waals surface area contributed by atoms with Crippen molar-refractivity contribution in [2.75, 3.05) is 39.4 Å². The van der Waals surface area contributed by atoms with Gasteiger partial charge in [0.25, 0.3) is 5.91 Å². The van der Waals surface area contributed by atoms with Crippen LogP contribution in [0.3, 0.4) is 0 Å². The highest BCUT2D eigenvalue weighted by Crippen LogP contribution is 2.39. The molecule has 7 heteroatoms. The summed E-state index contributed by atoms with van der Waals surface area (Å²) in [6.07, 6.45) is 0.842. The lowest BCUT2D eigenvalue weighted by molar-refractivity contribution is 0.0354. The van der Waals surface area contributed by atoms with Gasteiger partial charge in [-0.2, -0.15) is 0 Å². The second kappa shape index (κ2) is 7.98. The minimum absolute atomic E-state index is 0.0996. The standard InChI is InChI=1S/C23H24N2O4S/c1-15-5-6-17-16(14-15)21(26)19-20(18-4-2-13-30-18)25(23(27)22(19)29-17)8-3-7-24-9-11-28-12-10-24/h2,4-6,13-14,20H,3,7-12H2,1H3/t20-/m0/s1. The molecule has 6 nitrogen and oxygen atoms in total. The molecule has 5 rings (SSSR count). The molecule has 30 heavy (non-hydrogen) atoms. The molecule has 1 saturated heterocycles. The van der Waals surface area contributed by atoms with Crippen molar-refractivity contribution in [1.29, 1.82) is 0 Å².